The highest BCUT2D eigenvalue weighted by Crippen LogP contribution is 2.11. The van der Waals surface area contributed by atoms with Crippen LogP contribution in [0.3, 0.4) is 0 Å². The van der Waals surface area contributed by atoms with E-state index in [2.05, 4.69) is 28.0 Å². The van der Waals surface area contributed by atoms with E-state index >= 15 is 0 Å². The predicted molar refractivity (Wildman–Crippen MR) is 72.6 cm³/mol. The first-order chi connectivity index (χ1) is 8.13. The highest BCUT2D eigenvalue weighted by atomic mass is 79.9. The van der Waals surface area contributed by atoms with Gasteiger partial charge in [0.05, 0.1) is 11.3 Å². The summed E-state index contributed by atoms with van der Waals surface area (Å²) in [6.07, 6.45) is 3.58. The maximum absolute atomic E-state index is 12.4. The van der Waals surface area contributed by atoms with Crippen LogP contribution in [0.25, 0.3) is 0 Å². The third kappa shape index (κ3) is 3.56. The minimum absolute atomic E-state index is 0.0938. The molecule has 0 N–H and O–H groups in total. The van der Waals surface area contributed by atoms with E-state index in [0.29, 0.717) is 0 Å². The third-order valence-electron chi connectivity index (χ3n) is 2.61. The van der Waals surface area contributed by atoms with Crippen LogP contribution in [-0.4, -0.2) is 39.0 Å². The molecule has 1 aromatic rings. The standard InChI is InChI=1S/C12H20BrN3O/c1-4-7-16(8-6-13)12(17)10-9-15(3)14-11(10)5-2/h9H,4-8H2,1-3H3. The predicted octanol–water partition coefficient (Wildman–Crippen LogP) is 2.23. The number of carbonyl (C=O) groups is 1. The van der Waals surface area contributed by atoms with E-state index in [-0.39, 0.29) is 5.91 Å². The van der Waals surface area contributed by atoms with Gasteiger partial charge in [-0.3, -0.25) is 9.48 Å². The van der Waals surface area contributed by atoms with Crippen molar-refractivity contribution in [2.45, 2.75) is 26.7 Å². The fourth-order valence-electron chi connectivity index (χ4n) is 1.83. The molecule has 1 amide bonds. The third-order valence-corrected chi connectivity index (χ3v) is 2.96. The maximum Gasteiger partial charge on any atom is 0.257 e. The number of carbonyl (C=O) groups excluding carboxylic acids is 1. The molecule has 1 rings (SSSR count). The van der Waals surface area contributed by atoms with Crippen molar-refractivity contribution in [2.75, 3.05) is 18.4 Å². The van der Waals surface area contributed by atoms with Crippen LogP contribution in [0.2, 0.25) is 0 Å². The van der Waals surface area contributed by atoms with Crippen LogP contribution in [0.15, 0.2) is 6.20 Å². The van der Waals surface area contributed by atoms with Crippen LogP contribution in [0.5, 0.6) is 0 Å². The Hall–Kier alpha value is -0.840. The van der Waals surface area contributed by atoms with Crippen LogP contribution in [0.4, 0.5) is 0 Å². The second kappa shape index (κ2) is 6.79. The molecule has 0 unspecified atom stereocenters. The monoisotopic (exact) mass is 301 g/mol. The zero-order valence-electron chi connectivity index (χ0n) is 10.7. The van der Waals surface area contributed by atoms with E-state index in [9.17, 15) is 4.79 Å². The van der Waals surface area contributed by atoms with E-state index < -0.39 is 0 Å². The van der Waals surface area contributed by atoms with Gasteiger partial charge in [0, 0.05) is 31.7 Å². The molecule has 96 valence electrons. The van der Waals surface area contributed by atoms with Crippen LogP contribution in [0, 0.1) is 0 Å². The number of aryl methyl sites for hydroxylation is 2. The van der Waals surface area contributed by atoms with Gasteiger partial charge in [0.1, 0.15) is 0 Å². The van der Waals surface area contributed by atoms with Crippen molar-refractivity contribution in [2.24, 2.45) is 7.05 Å². The Morgan fingerprint density at radius 3 is 2.71 bits per heavy atom. The average Bonchev–Trinajstić information content (AvgIpc) is 2.69. The number of hydrogen-bond donors (Lipinski definition) is 0. The molecule has 0 aliphatic carbocycles. The smallest absolute Gasteiger partial charge is 0.257 e. The Kier molecular flexibility index (Phi) is 5.68. The summed E-state index contributed by atoms with van der Waals surface area (Å²) >= 11 is 3.39. The van der Waals surface area contributed by atoms with E-state index in [4.69, 9.17) is 0 Å². The number of aromatic nitrogens is 2. The number of alkyl halides is 1. The van der Waals surface area contributed by atoms with Crippen LogP contribution < -0.4 is 0 Å². The number of hydrogen-bond acceptors (Lipinski definition) is 2. The van der Waals surface area contributed by atoms with E-state index in [0.717, 1.165) is 42.5 Å². The molecule has 1 heterocycles. The zero-order valence-corrected chi connectivity index (χ0v) is 12.3. The molecule has 0 aliphatic heterocycles. The van der Waals surface area contributed by atoms with Gasteiger partial charge in [-0.2, -0.15) is 5.10 Å². The summed E-state index contributed by atoms with van der Waals surface area (Å²) in [6.45, 7) is 5.64. The molecule has 0 aromatic carbocycles. The Balaban J connectivity index is 2.91. The first-order valence-corrected chi connectivity index (χ1v) is 7.13. The fourth-order valence-corrected chi connectivity index (χ4v) is 2.26. The lowest BCUT2D eigenvalue weighted by atomic mass is 10.2. The Morgan fingerprint density at radius 2 is 2.18 bits per heavy atom. The van der Waals surface area contributed by atoms with Crippen LogP contribution in [-0.2, 0) is 13.5 Å². The van der Waals surface area contributed by atoms with Crippen molar-refractivity contribution in [3.05, 3.63) is 17.5 Å². The molecule has 1 aromatic heterocycles. The lowest BCUT2D eigenvalue weighted by Gasteiger charge is -2.20. The topological polar surface area (TPSA) is 38.1 Å². The van der Waals surface area contributed by atoms with Gasteiger partial charge >= 0.3 is 0 Å². The lowest BCUT2D eigenvalue weighted by Crippen LogP contribution is -2.33. The number of amides is 1. The lowest BCUT2D eigenvalue weighted by molar-refractivity contribution is 0.0765. The van der Waals surface area contributed by atoms with Gasteiger partial charge in [-0.05, 0) is 12.8 Å². The Morgan fingerprint density at radius 1 is 1.47 bits per heavy atom. The molecular weight excluding hydrogens is 282 g/mol. The molecule has 5 heteroatoms. The van der Waals surface area contributed by atoms with Crippen molar-refractivity contribution < 1.29 is 4.79 Å². The number of halogens is 1. The normalized spacial score (nSPS) is 10.6. The Bertz CT molecular complexity index is 370. The summed E-state index contributed by atoms with van der Waals surface area (Å²) in [4.78, 5) is 14.2. The van der Waals surface area contributed by atoms with Gasteiger partial charge in [-0.15, -0.1) is 0 Å². The largest absolute Gasteiger partial charge is 0.338 e. The van der Waals surface area contributed by atoms with Crippen molar-refractivity contribution in [1.82, 2.24) is 14.7 Å². The van der Waals surface area contributed by atoms with E-state index in [1.807, 2.05) is 25.1 Å². The summed E-state index contributed by atoms with van der Waals surface area (Å²) in [6, 6.07) is 0. The molecular formula is C12H20BrN3O. The van der Waals surface area contributed by atoms with Gasteiger partial charge in [0.2, 0.25) is 0 Å². The average molecular weight is 302 g/mol. The van der Waals surface area contributed by atoms with Crippen molar-refractivity contribution in [3.8, 4) is 0 Å². The second-order valence-electron chi connectivity index (χ2n) is 4.00. The SMILES string of the molecule is CCCN(CCBr)C(=O)c1cn(C)nc1CC. The Labute approximate surface area is 111 Å². The minimum atomic E-state index is 0.0938. The number of rotatable bonds is 6. The maximum atomic E-state index is 12.4. The first kappa shape index (κ1) is 14.2. The zero-order chi connectivity index (χ0) is 12.8. The summed E-state index contributed by atoms with van der Waals surface area (Å²) in [5.41, 5.74) is 1.62. The highest BCUT2D eigenvalue weighted by Gasteiger charge is 2.19. The summed E-state index contributed by atoms with van der Waals surface area (Å²) in [5.74, 6) is 0.0938. The van der Waals surface area contributed by atoms with Crippen molar-refractivity contribution >= 4 is 21.8 Å². The quantitative estimate of drug-likeness (QED) is 0.756. The molecule has 0 atom stereocenters. The van der Waals surface area contributed by atoms with Gasteiger partial charge in [0.25, 0.3) is 5.91 Å². The highest BCUT2D eigenvalue weighted by molar-refractivity contribution is 9.09. The molecule has 0 radical (unpaired) electrons. The molecule has 0 spiro atoms. The molecule has 0 bridgehead atoms. The fraction of sp³-hybridized carbons (Fsp3) is 0.667. The van der Waals surface area contributed by atoms with Gasteiger partial charge in [-0.1, -0.05) is 29.8 Å². The first-order valence-electron chi connectivity index (χ1n) is 6.01. The summed E-state index contributed by atoms with van der Waals surface area (Å²) < 4.78 is 1.71. The van der Waals surface area contributed by atoms with Gasteiger partial charge in [-0.25, -0.2) is 0 Å². The van der Waals surface area contributed by atoms with Crippen LogP contribution in [0.1, 0.15) is 36.3 Å². The second-order valence-corrected chi connectivity index (χ2v) is 4.79. The molecule has 17 heavy (non-hydrogen) atoms. The van der Waals surface area contributed by atoms with E-state index in [1.165, 1.54) is 0 Å². The van der Waals surface area contributed by atoms with Gasteiger partial charge in [0.15, 0.2) is 0 Å². The van der Waals surface area contributed by atoms with Crippen molar-refractivity contribution in [3.63, 3.8) is 0 Å². The number of nitrogens with zero attached hydrogens (tertiary/aromatic N) is 3. The molecule has 0 saturated carbocycles. The summed E-state index contributed by atoms with van der Waals surface area (Å²) in [5, 5.41) is 5.12. The molecule has 0 saturated heterocycles. The molecule has 0 fully saturated rings. The minimum Gasteiger partial charge on any atom is -0.338 e. The molecule has 0 aliphatic rings. The van der Waals surface area contributed by atoms with Gasteiger partial charge < -0.3 is 4.90 Å². The van der Waals surface area contributed by atoms with Crippen LogP contribution >= 0.6 is 15.9 Å². The molecule has 4 nitrogen and oxygen atoms in total. The van der Waals surface area contributed by atoms with Crippen molar-refractivity contribution in [1.29, 1.82) is 0 Å². The van der Waals surface area contributed by atoms with E-state index in [1.54, 1.807) is 4.68 Å². The summed E-state index contributed by atoms with van der Waals surface area (Å²) in [7, 11) is 1.85.